The van der Waals surface area contributed by atoms with E-state index in [0.717, 1.165) is 22.9 Å². The highest BCUT2D eigenvalue weighted by molar-refractivity contribution is 5.80. The van der Waals surface area contributed by atoms with Gasteiger partial charge in [-0.25, -0.2) is 4.39 Å². The van der Waals surface area contributed by atoms with Crippen LogP contribution in [0, 0.1) is 5.82 Å². The number of hydrogen-bond donors (Lipinski definition) is 0. The first-order valence-corrected chi connectivity index (χ1v) is 9.80. The Morgan fingerprint density at radius 3 is 2.50 bits per heavy atom. The van der Waals surface area contributed by atoms with Gasteiger partial charge in [0.05, 0.1) is 32.9 Å². The molecule has 0 saturated carbocycles. The Hall–Kier alpha value is -3.41. The molecule has 154 valence electrons. The Bertz CT molecular complexity index is 1040. The fraction of sp³-hybridized carbons (Fsp3) is 0.250. The summed E-state index contributed by atoms with van der Waals surface area (Å²) in [7, 11) is 3.22. The number of rotatable bonds is 5. The fourth-order valence-corrected chi connectivity index (χ4v) is 3.98. The average Bonchev–Trinajstić information content (AvgIpc) is 2.79. The standard InChI is InChI=1S/C24H23FN2O3/c1-29-21-12-17-10-11-27(23(28)13-19-9-8-18(25)15-26-19)24(16-6-4-3-5-7-16)20(17)14-22(21)30-2/h3-9,12,14-15,24H,10-11,13H2,1-2H3. The highest BCUT2D eigenvalue weighted by Crippen LogP contribution is 2.41. The smallest absolute Gasteiger partial charge is 0.229 e. The summed E-state index contributed by atoms with van der Waals surface area (Å²) in [6, 6.07) is 16.5. The number of carbonyl (C=O) groups excluding carboxylic acids is 1. The zero-order valence-corrected chi connectivity index (χ0v) is 17.0. The predicted molar refractivity (Wildman–Crippen MR) is 111 cm³/mol. The molecule has 1 aliphatic rings. The summed E-state index contributed by atoms with van der Waals surface area (Å²) in [4.78, 5) is 19.2. The van der Waals surface area contributed by atoms with Gasteiger partial charge in [0.25, 0.3) is 0 Å². The number of amides is 1. The van der Waals surface area contributed by atoms with Gasteiger partial charge >= 0.3 is 0 Å². The minimum atomic E-state index is -0.415. The number of fused-ring (bicyclic) bond motifs is 1. The topological polar surface area (TPSA) is 51.7 Å². The minimum absolute atomic E-state index is 0.0524. The molecule has 0 saturated heterocycles. The number of nitrogens with zero attached hydrogens (tertiary/aromatic N) is 2. The van der Waals surface area contributed by atoms with Crippen LogP contribution < -0.4 is 9.47 Å². The first-order valence-electron chi connectivity index (χ1n) is 9.80. The van der Waals surface area contributed by atoms with Crippen molar-refractivity contribution in [3.05, 3.63) is 89.0 Å². The van der Waals surface area contributed by atoms with Crippen LogP contribution in [0.1, 0.15) is 28.4 Å². The van der Waals surface area contributed by atoms with Crippen LogP contribution in [0.15, 0.2) is 60.8 Å². The van der Waals surface area contributed by atoms with Crippen molar-refractivity contribution in [2.24, 2.45) is 0 Å². The van der Waals surface area contributed by atoms with Crippen LogP contribution in [0.2, 0.25) is 0 Å². The molecule has 30 heavy (non-hydrogen) atoms. The molecule has 0 aliphatic carbocycles. The van der Waals surface area contributed by atoms with Gasteiger partial charge in [-0.1, -0.05) is 30.3 Å². The maximum atomic E-state index is 13.3. The molecule has 0 radical (unpaired) electrons. The van der Waals surface area contributed by atoms with Gasteiger partial charge < -0.3 is 14.4 Å². The van der Waals surface area contributed by atoms with Crippen molar-refractivity contribution in [1.82, 2.24) is 9.88 Å². The van der Waals surface area contributed by atoms with E-state index in [1.807, 2.05) is 47.4 Å². The van der Waals surface area contributed by atoms with Gasteiger partial charge in [0.15, 0.2) is 11.5 Å². The summed E-state index contributed by atoms with van der Waals surface area (Å²) in [5, 5.41) is 0. The zero-order valence-electron chi connectivity index (χ0n) is 17.0. The molecular weight excluding hydrogens is 383 g/mol. The molecular formula is C24H23FN2O3. The third-order valence-corrected chi connectivity index (χ3v) is 5.43. The molecule has 1 atom stereocenters. The Morgan fingerprint density at radius 1 is 1.10 bits per heavy atom. The van der Waals surface area contributed by atoms with E-state index < -0.39 is 5.82 Å². The lowest BCUT2D eigenvalue weighted by Gasteiger charge is -2.38. The average molecular weight is 406 g/mol. The van der Waals surface area contributed by atoms with Crippen molar-refractivity contribution in [3.63, 3.8) is 0 Å². The van der Waals surface area contributed by atoms with Gasteiger partial charge in [-0.05, 0) is 47.4 Å². The van der Waals surface area contributed by atoms with E-state index in [9.17, 15) is 9.18 Å². The molecule has 6 heteroatoms. The van der Waals surface area contributed by atoms with Crippen LogP contribution in [-0.2, 0) is 17.6 Å². The van der Waals surface area contributed by atoms with E-state index in [1.165, 1.54) is 6.07 Å². The third kappa shape index (κ3) is 3.85. The molecule has 4 rings (SSSR count). The highest BCUT2D eigenvalue weighted by Gasteiger charge is 2.33. The Morgan fingerprint density at radius 2 is 1.83 bits per heavy atom. The molecule has 0 N–H and O–H groups in total. The molecule has 0 fully saturated rings. The van der Waals surface area contributed by atoms with E-state index in [0.29, 0.717) is 30.2 Å². The Balaban J connectivity index is 1.74. The zero-order chi connectivity index (χ0) is 21.1. The van der Waals surface area contributed by atoms with Crippen LogP contribution >= 0.6 is 0 Å². The maximum Gasteiger partial charge on any atom is 0.229 e. The number of hydrogen-bond acceptors (Lipinski definition) is 4. The molecule has 5 nitrogen and oxygen atoms in total. The summed E-state index contributed by atoms with van der Waals surface area (Å²) in [6.45, 7) is 0.572. The molecule has 2 aromatic carbocycles. The number of aromatic nitrogens is 1. The number of methoxy groups -OCH3 is 2. The van der Waals surface area contributed by atoms with E-state index in [1.54, 1.807) is 20.3 Å². The van der Waals surface area contributed by atoms with Crippen molar-refractivity contribution in [3.8, 4) is 11.5 Å². The van der Waals surface area contributed by atoms with Crippen LogP contribution in [-0.4, -0.2) is 36.6 Å². The quantitative estimate of drug-likeness (QED) is 0.644. The van der Waals surface area contributed by atoms with Crippen LogP contribution in [0.4, 0.5) is 4.39 Å². The van der Waals surface area contributed by atoms with Crippen molar-refractivity contribution in [1.29, 1.82) is 0 Å². The largest absolute Gasteiger partial charge is 0.493 e. The number of halogens is 1. The Kier molecular flexibility index (Phi) is 5.65. The fourth-order valence-electron chi connectivity index (χ4n) is 3.98. The summed E-state index contributed by atoms with van der Waals surface area (Å²) in [5.41, 5.74) is 3.72. The number of benzene rings is 2. The second kappa shape index (κ2) is 8.53. The Labute approximate surface area is 175 Å². The van der Waals surface area contributed by atoms with Crippen molar-refractivity contribution >= 4 is 5.91 Å². The first-order chi connectivity index (χ1) is 14.6. The van der Waals surface area contributed by atoms with E-state index >= 15 is 0 Å². The van der Waals surface area contributed by atoms with Crippen molar-refractivity contribution in [2.75, 3.05) is 20.8 Å². The summed E-state index contributed by atoms with van der Waals surface area (Å²) < 4.78 is 24.2. The van der Waals surface area contributed by atoms with Gasteiger partial charge in [-0.15, -0.1) is 0 Å². The molecule has 0 spiro atoms. The lowest BCUT2D eigenvalue weighted by atomic mass is 9.87. The molecule has 0 bridgehead atoms. The minimum Gasteiger partial charge on any atom is -0.493 e. The summed E-state index contributed by atoms with van der Waals surface area (Å²) in [5.74, 6) is 0.842. The summed E-state index contributed by atoms with van der Waals surface area (Å²) in [6.07, 6.45) is 1.97. The van der Waals surface area contributed by atoms with Gasteiger partial charge in [-0.3, -0.25) is 9.78 Å². The number of carbonyl (C=O) groups is 1. The first kappa shape index (κ1) is 19.9. The van der Waals surface area contributed by atoms with Gasteiger partial charge in [-0.2, -0.15) is 0 Å². The molecule has 1 aliphatic heterocycles. The second-order valence-corrected chi connectivity index (χ2v) is 7.20. The lowest BCUT2D eigenvalue weighted by Crippen LogP contribution is -2.41. The highest BCUT2D eigenvalue weighted by atomic mass is 19.1. The normalized spacial score (nSPS) is 15.4. The summed E-state index contributed by atoms with van der Waals surface area (Å²) >= 11 is 0. The SMILES string of the molecule is COc1cc2c(cc1OC)C(c1ccccc1)N(C(=O)Cc1ccc(F)cn1)CC2. The maximum absolute atomic E-state index is 13.3. The van der Waals surface area contributed by atoms with E-state index in [2.05, 4.69) is 4.98 Å². The lowest BCUT2D eigenvalue weighted by molar-refractivity contribution is -0.132. The molecule has 2 heterocycles. The molecule has 1 amide bonds. The molecule has 1 unspecified atom stereocenters. The van der Waals surface area contributed by atoms with Crippen LogP contribution in [0.5, 0.6) is 11.5 Å². The predicted octanol–water partition coefficient (Wildman–Crippen LogP) is 3.95. The van der Waals surface area contributed by atoms with E-state index in [-0.39, 0.29) is 18.4 Å². The number of pyridine rings is 1. The van der Waals surface area contributed by atoms with Gasteiger partial charge in [0, 0.05) is 12.2 Å². The van der Waals surface area contributed by atoms with Gasteiger partial charge in [0.2, 0.25) is 5.91 Å². The number of ether oxygens (including phenoxy) is 2. The monoisotopic (exact) mass is 406 g/mol. The van der Waals surface area contributed by atoms with Crippen LogP contribution in [0.3, 0.4) is 0 Å². The second-order valence-electron chi connectivity index (χ2n) is 7.20. The van der Waals surface area contributed by atoms with Crippen LogP contribution in [0.25, 0.3) is 0 Å². The van der Waals surface area contributed by atoms with Crippen molar-refractivity contribution in [2.45, 2.75) is 18.9 Å². The van der Waals surface area contributed by atoms with E-state index in [4.69, 9.17) is 9.47 Å². The van der Waals surface area contributed by atoms with Gasteiger partial charge in [0.1, 0.15) is 5.82 Å². The molecule has 3 aromatic rings. The third-order valence-electron chi connectivity index (χ3n) is 5.43. The molecule has 1 aromatic heterocycles. The van der Waals surface area contributed by atoms with Crippen molar-refractivity contribution < 1.29 is 18.7 Å².